The Balaban J connectivity index is 1.18. The van der Waals surface area contributed by atoms with Crippen LogP contribution in [0, 0.1) is 5.92 Å². The molecular formula is C29H28N4O3S2. The molecule has 0 atom stereocenters. The third kappa shape index (κ3) is 6.07. The molecule has 0 spiro atoms. The van der Waals surface area contributed by atoms with Gasteiger partial charge in [-0.25, -0.2) is 4.98 Å². The van der Waals surface area contributed by atoms with Gasteiger partial charge >= 0.3 is 0 Å². The number of carbonyl (C=O) groups excluding carboxylic acids is 2. The fraction of sp³-hybridized carbons (Fsp3) is 0.207. The zero-order chi connectivity index (χ0) is 26.5. The number of nitrogens with one attached hydrogen (secondary N) is 3. The van der Waals surface area contributed by atoms with Gasteiger partial charge in [0, 0.05) is 51.0 Å². The van der Waals surface area contributed by atoms with E-state index >= 15 is 0 Å². The van der Waals surface area contributed by atoms with Crippen molar-refractivity contribution < 1.29 is 14.3 Å². The van der Waals surface area contributed by atoms with Crippen molar-refractivity contribution in [2.24, 2.45) is 5.92 Å². The minimum atomic E-state index is -0.218. The zero-order valence-electron chi connectivity index (χ0n) is 21.0. The van der Waals surface area contributed by atoms with Crippen LogP contribution < -0.4 is 16.0 Å². The van der Waals surface area contributed by atoms with Crippen molar-refractivity contribution in [2.75, 3.05) is 25.0 Å². The number of benzene rings is 2. The predicted molar refractivity (Wildman–Crippen MR) is 152 cm³/mol. The first kappa shape index (κ1) is 26.0. The molecule has 0 unspecified atom stereocenters. The highest BCUT2D eigenvalue weighted by Gasteiger charge is 2.21. The van der Waals surface area contributed by atoms with Crippen LogP contribution in [-0.4, -0.2) is 36.5 Å². The van der Waals surface area contributed by atoms with Gasteiger partial charge in [-0.15, -0.1) is 11.3 Å². The molecule has 3 heterocycles. The van der Waals surface area contributed by atoms with Gasteiger partial charge in [0.2, 0.25) is 0 Å². The Bertz CT molecular complexity index is 1440. The van der Waals surface area contributed by atoms with Crippen LogP contribution in [0.5, 0.6) is 0 Å². The van der Waals surface area contributed by atoms with E-state index in [1.165, 1.54) is 23.1 Å². The number of fused-ring (bicyclic) bond motifs is 2. The Morgan fingerprint density at radius 2 is 2.05 bits per heavy atom. The third-order valence-corrected chi connectivity index (χ3v) is 8.39. The van der Waals surface area contributed by atoms with Gasteiger partial charge in [0.25, 0.3) is 11.8 Å². The Morgan fingerprint density at radius 1 is 1.21 bits per heavy atom. The molecule has 1 saturated heterocycles. The van der Waals surface area contributed by atoms with Crippen molar-refractivity contribution in [1.29, 1.82) is 0 Å². The first-order valence-corrected chi connectivity index (χ1v) is 14.0. The van der Waals surface area contributed by atoms with Gasteiger partial charge in [0.05, 0.1) is 24.4 Å². The maximum atomic E-state index is 12.9. The predicted octanol–water partition coefficient (Wildman–Crippen LogP) is 5.50. The lowest BCUT2D eigenvalue weighted by atomic mass is 10.1. The summed E-state index contributed by atoms with van der Waals surface area (Å²) < 4.78 is 5.72. The Hall–Kier alpha value is -3.66. The zero-order valence-corrected chi connectivity index (χ0v) is 22.6. The van der Waals surface area contributed by atoms with Crippen LogP contribution >= 0.6 is 23.1 Å². The maximum Gasteiger partial charge on any atom is 0.256 e. The molecule has 2 aliphatic rings. The number of amides is 2. The van der Waals surface area contributed by atoms with E-state index < -0.39 is 0 Å². The molecule has 1 fully saturated rings. The number of rotatable bonds is 9. The van der Waals surface area contributed by atoms with Crippen molar-refractivity contribution >= 4 is 46.2 Å². The summed E-state index contributed by atoms with van der Waals surface area (Å²) in [6.45, 7) is 8.94. The van der Waals surface area contributed by atoms with E-state index in [1.54, 1.807) is 24.4 Å². The van der Waals surface area contributed by atoms with Gasteiger partial charge in [-0.1, -0.05) is 36.5 Å². The molecule has 1 aromatic heterocycles. The quantitative estimate of drug-likeness (QED) is 0.243. The second kappa shape index (κ2) is 11.8. The number of thiazole rings is 1. The highest BCUT2D eigenvalue weighted by molar-refractivity contribution is 7.99. The number of aromatic nitrogens is 1. The van der Waals surface area contributed by atoms with Gasteiger partial charge in [-0.05, 0) is 49.4 Å². The van der Waals surface area contributed by atoms with Crippen LogP contribution in [0.2, 0.25) is 0 Å². The molecule has 2 amide bonds. The number of nitrogens with zero attached hydrogens (tertiary/aromatic N) is 1. The molecule has 7 nitrogen and oxygen atoms in total. The van der Waals surface area contributed by atoms with Crippen molar-refractivity contribution in [3.05, 3.63) is 100 Å². The second-order valence-electron chi connectivity index (χ2n) is 8.96. The van der Waals surface area contributed by atoms with Crippen molar-refractivity contribution in [3.8, 4) is 0 Å². The number of hydrogen-bond donors (Lipinski definition) is 3. The molecule has 0 aliphatic carbocycles. The summed E-state index contributed by atoms with van der Waals surface area (Å²) in [5.41, 5.74) is 2.69. The SMILES string of the molecule is C=C(/C=C\C(=C/C)c1ncc(CNC(=O)c2ccc3c(c2)NC(=O)c2ccccc2S3)s1)OCC1CNC1. The lowest BCUT2D eigenvalue weighted by Gasteiger charge is -2.26. The fourth-order valence-corrected chi connectivity index (χ4v) is 5.83. The number of anilines is 1. The molecule has 0 radical (unpaired) electrons. The monoisotopic (exact) mass is 544 g/mol. The number of ether oxygens (including phenoxy) is 1. The Labute approximate surface area is 230 Å². The van der Waals surface area contributed by atoms with Crippen molar-refractivity contribution in [3.63, 3.8) is 0 Å². The van der Waals surface area contributed by atoms with Crippen LogP contribution in [0.4, 0.5) is 5.69 Å². The van der Waals surface area contributed by atoms with Crippen LogP contribution in [0.3, 0.4) is 0 Å². The van der Waals surface area contributed by atoms with Crippen LogP contribution in [0.25, 0.3) is 5.57 Å². The van der Waals surface area contributed by atoms with Gasteiger partial charge in [-0.2, -0.15) is 0 Å². The normalized spacial score (nSPS) is 15.2. The smallest absolute Gasteiger partial charge is 0.256 e. The van der Waals surface area contributed by atoms with Gasteiger partial charge in [0.1, 0.15) is 10.8 Å². The standard InChI is InChI=1S/C29H28N4O3S2/c1-3-20(9-8-18(2)36-17-19-13-30-14-19)29-32-16-22(37-29)15-31-27(34)21-10-11-26-24(12-21)33-28(35)23-6-4-5-7-25(23)38-26/h3-12,16,19,30H,2,13-15,17H2,1H3,(H,31,34)(H,33,35)/b9-8-,20-3+. The summed E-state index contributed by atoms with van der Waals surface area (Å²) in [6, 6.07) is 12.8. The lowest BCUT2D eigenvalue weighted by molar-refractivity contribution is 0.0949. The molecule has 5 rings (SSSR count). The average Bonchev–Trinajstić information content (AvgIpc) is 3.31. The number of allylic oxidation sites excluding steroid dienone is 4. The Kier molecular flexibility index (Phi) is 8.07. The van der Waals surface area contributed by atoms with E-state index in [9.17, 15) is 9.59 Å². The maximum absolute atomic E-state index is 12.9. The minimum Gasteiger partial charge on any atom is -0.494 e. The van der Waals surface area contributed by atoms with E-state index in [0.717, 1.165) is 38.3 Å². The van der Waals surface area contributed by atoms with Gasteiger partial charge in [-0.3, -0.25) is 9.59 Å². The number of hydrogen-bond acceptors (Lipinski definition) is 7. The van der Waals surface area contributed by atoms with E-state index in [4.69, 9.17) is 4.74 Å². The summed E-state index contributed by atoms with van der Waals surface area (Å²) >= 11 is 3.03. The van der Waals surface area contributed by atoms with E-state index in [-0.39, 0.29) is 11.8 Å². The molecule has 38 heavy (non-hydrogen) atoms. The molecule has 2 aromatic carbocycles. The summed E-state index contributed by atoms with van der Waals surface area (Å²) in [6.07, 6.45) is 7.57. The lowest BCUT2D eigenvalue weighted by Crippen LogP contribution is -2.44. The van der Waals surface area contributed by atoms with Gasteiger partial charge < -0.3 is 20.7 Å². The average molecular weight is 545 g/mol. The third-order valence-electron chi connectivity index (χ3n) is 6.20. The van der Waals surface area contributed by atoms with Gasteiger partial charge in [0.15, 0.2) is 0 Å². The van der Waals surface area contributed by atoms with E-state index in [1.807, 2.05) is 49.4 Å². The van der Waals surface area contributed by atoms with E-state index in [0.29, 0.717) is 41.6 Å². The molecule has 9 heteroatoms. The minimum absolute atomic E-state index is 0.179. The summed E-state index contributed by atoms with van der Waals surface area (Å²) in [5.74, 6) is 0.782. The van der Waals surface area contributed by atoms with Crippen LogP contribution in [-0.2, 0) is 11.3 Å². The second-order valence-corrected chi connectivity index (χ2v) is 11.2. The molecule has 0 saturated carbocycles. The topological polar surface area (TPSA) is 92.4 Å². The molecule has 194 valence electrons. The number of carbonyl (C=O) groups is 2. The van der Waals surface area contributed by atoms with Crippen LogP contribution in [0.1, 0.15) is 37.5 Å². The van der Waals surface area contributed by atoms with Crippen LogP contribution in [0.15, 0.2) is 89.0 Å². The first-order chi connectivity index (χ1) is 18.5. The van der Waals surface area contributed by atoms with Crippen molar-refractivity contribution in [1.82, 2.24) is 15.6 Å². The molecule has 0 bridgehead atoms. The van der Waals surface area contributed by atoms with E-state index in [2.05, 4.69) is 27.5 Å². The first-order valence-electron chi connectivity index (χ1n) is 12.3. The summed E-state index contributed by atoms with van der Waals surface area (Å²) in [5, 5.41) is 9.97. The highest BCUT2D eigenvalue weighted by Crippen LogP contribution is 2.39. The molecule has 3 N–H and O–H groups in total. The Morgan fingerprint density at radius 3 is 2.84 bits per heavy atom. The fourth-order valence-electron chi connectivity index (χ4n) is 3.91. The molecule has 2 aliphatic heterocycles. The molecule has 3 aromatic rings. The largest absolute Gasteiger partial charge is 0.494 e. The summed E-state index contributed by atoms with van der Waals surface area (Å²) in [7, 11) is 0. The molecular weight excluding hydrogens is 516 g/mol. The summed E-state index contributed by atoms with van der Waals surface area (Å²) in [4.78, 5) is 32.8. The van der Waals surface area contributed by atoms with Crippen molar-refractivity contribution in [2.45, 2.75) is 23.3 Å². The highest BCUT2D eigenvalue weighted by atomic mass is 32.2.